The van der Waals surface area contributed by atoms with Crippen LogP contribution in [0.4, 0.5) is 4.39 Å². The highest BCUT2D eigenvalue weighted by Gasteiger charge is 2.19. The first kappa shape index (κ1) is 11.9. The van der Waals surface area contributed by atoms with Crippen LogP contribution in [0, 0.1) is 5.82 Å². The van der Waals surface area contributed by atoms with E-state index in [-0.39, 0.29) is 17.5 Å². The maximum absolute atomic E-state index is 13.2. The van der Waals surface area contributed by atoms with Crippen molar-refractivity contribution in [2.24, 2.45) is 0 Å². The highest BCUT2D eigenvalue weighted by Crippen LogP contribution is 2.10. The third kappa shape index (κ3) is 2.65. The van der Waals surface area contributed by atoms with Gasteiger partial charge in [-0.05, 0) is 13.0 Å². The van der Waals surface area contributed by atoms with Gasteiger partial charge in [0, 0.05) is 25.2 Å². The number of rotatable bonds is 3. The molecule has 15 heavy (non-hydrogen) atoms. The van der Waals surface area contributed by atoms with Crippen LogP contribution in [0.2, 0.25) is 0 Å². The van der Waals surface area contributed by atoms with E-state index in [1.165, 1.54) is 17.2 Å². The van der Waals surface area contributed by atoms with E-state index in [1.54, 1.807) is 14.0 Å². The molecule has 0 aromatic carbocycles. The molecule has 82 valence electrons. The van der Waals surface area contributed by atoms with Crippen molar-refractivity contribution < 1.29 is 9.18 Å². The van der Waals surface area contributed by atoms with Gasteiger partial charge in [0.15, 0.2) is 5.82 Å². The summed E-state index contributed by atoms with van der Waals surface area (Å²) >= 11 is 5.62. The molecule has 0 saturated heterocycles. The molecular weight excluding hydrogens is 219 g/mol. The largest absolute Gasteiger partial charge is 0.338 e. The van der Waals surface area contributed by atoms with Gasteiger partial charge >= 0.3 is 0 Å². The number of hydrogen-bond donors (Lipinski definition) is 0. The minimum Gasteiger partial charge on any atom is -0.338 e. The molecular formula is C10H12ClFN2O. The van der Waals surface area contributed by atoms with E-state index < -0.39 is 5.82 Å². The highest BCUT2D eigenvalue weighted by atomic mass is 35.5. The second kappa shape index (κ2) is 5.07. The molecule has 1 aromatic heterocycles. The summed E-state index contributed by atoms with van der Waals surface area (Å²) in [5.41, 5.74) is 0.0180. The number of nitrogens with zero attached hydrogens (tertiary/aromatic N) is 2. The lowest BCUT2D eigenvalue weighted by molar-refractivity contribution is 0.0752. The van der Waals surface area contributed by atoms with Crippen molar-refractivity contribution in [2.75, 3.05) is 12.9 Å². The number of halogens is 2. The first-order valence-corrected chi connectivity index (χ1v) is 5.04. The van der Waals surface area contributed by atoms with Gasteiger partial charge in [-0.15, -0.1) is 11.6 Å². The van der Waals surface area contributed by atoms with Crippen LogP contribution in [-0.2, 0) is 0 Å². The molecule has 0 radical (unpaired) electrons. The van der Waals surface area contributed by atoms with Crippen LogP contribution < -0.4 is 0 Å². The number of alkyl halides is 1. The quantitative estimate of drug-likeness (QED) is 0.744. The van der Waals surface area contributed by atoms with Gasteiger partial charge in [0.2, 0.25) is 0 Å². The van der Waals surface area contributed by atoms with E-state index in [9.17, 15) is 9.18 Å². The highest BCUT2D eigenvalue weighted by molar-refractivity contribution is 6.18. The summed E-state index contributed by atoms with van der Waals surface area (Å²) in [4.78, 5) is 16.8. The van der Waals surface area contributed by atoms with Crippen molar-refractivity contribution in [1.29, 1.82) is 0 Å². The Hall–Kier alpha value is -1.16. The van der Waals surface area contributed by atoms with Crippen LogP contribution in [0.25, 0.3) is 0 Å². The Bertz CT molecular complexity index is 359. The zero-order valence-corrected chi connectivity index (χ0v) is 9.33. The molecule has 1 rings (SSSR count). The molecule has 0 spiro atoms. The van der Waals surface area contributed by atoms with E-state index in [2.05, 4.69) is 4.98 Å². The number of aromatic nitrogens is 1. The maximum atomic E-state index is 13.2. The Morgan fingerprint density at radius 2 is 2.40 bits per heavy atom. The predicted molar refractivity (Wildman–Crippen MR) is 56.5 cm³/mol. The molecule has 5 heteroatoms. The van der Waals surface area contributed by atoms with Crippen molar-refractivity contribution in [3.8, 4) is 0 Å². The SMILES string of the molecule is CC(CCl)N(C)C(=O)c1ccncc1F. The van der Waals surface area contributed by atoms with Gasteiger partial charge in [-0.3, -0.25) is 9.78 Å². The lowest BCUT2D eigenvalue weighted by Crippen LogP contribution is -2.36. The zero-order chi connectivity index (χ0) is 11.4. The molecule has 0 N–H and O–H groups in total. The molecule has 1 unspecified atom stereocenters. The average Bonchev–Trinajstić information content (AvgIpc) is 2.26. The van der Waals surface area contributed by atoms with Gasteiger partial charge in [0.1, 0.15) is 0 Å². The molecule has 1 aromatic rings. The fourth-order valence-corrected chi connectivity index (χ4v) is 1.25. The fourth-order valence-electron chi connectivity index (χ4n) is 1.04. The van der Waals surface area contributed by atoms with E-state index in [0.717, 1.165) is 6.20 Å². The van der Waals surface area contributed by atoms with Gasteiger partial charge in [0.05, 0.1) is 11.8 Å². The van der Waals surface area contributed by atoms with Crippen LogP contribution >= 0.6 is 11.6 Å². The monoisotopic (exact) mass is 230 g/mol. The van der Waals surface area contributed by atoms with Crippen molar-refractivity contribution >= 4 is 17.5 Å². The van der Waals surface area contributed by atoms with E-state index >= 15 is 0 Å². The Labute approximate surface area is 92.9 Å². The summed E-state index contributed by atoms with van der Waals surface area (Å²) in [5.74, 6) is -0.686. The summed E-state index contributed by atoms with van der Waals surface area (Å²) in [7, 11) is 1.59. The lowest BCUT2D eigenvalue weighted by atomic mass is 10.2. The topological polar surface area (TPSA) is 33.2 Å². The molecule has 1 heterocycles. The number of carbonyl (C=O) groups excluding carboxylic acids is 1. The molecule has 0 aliphatic rings. The first-order chi connectivity index (χ1) is 7.07. The second-order valence-corrected chi connectivity index (χ2v) is 3.58. The van der Waals surface area contributed by atoms with Gasteiger partial charge < -0.3 is 4.90 Å². The first-order valence-electron chi connectivity index (χ1n) is 4.50. The van der Waals surface area contributed by atoms with Crippen molar-refractivity contribution in [3.63, 3.8) is 0 Å². The summed E-state index contributed by atoms with van der Waals surface area (Å²) in [6.07, 6.45) is 2.40. The molecule has 0 saturated carbocycles. The number of hydrogen-bond acceptors (Lipinski definition) is 2. The number of amides is 1. The Balaban J connectivity index is 2.90. The van der Waals surface area contributed by atoms with Crippen molar-refractivity contribution in [2.45, 2.75) is 13.0 Å². The Morgan fingerprint density at radius 1 is 1.73 bits per heavy atom. The van der Waals surface area contributed by atoms with Crippen molar-refractivity contribution in [1.82, 2.24) is 9.88 Å². The van der Waals surface area contributed by atoms with Gasteiger partial charge in [-0.1, -0.05) is 0 Å². The minimum atomic E-state index is -0.615. The smallest absolute Gasteiger partial charge is 0.256 e. The lowest BCUT2D eigenvalue weighted by Gasteiger charge is -2.23. The summed E-state index contributed by atoms with van der Waals surface area (Å²) in [6, 6.07) is 1.22. The molecule has 0 fully saturated rings. The van der Waals surface area contributed by atoms with Gasteiger partial charge in [-0.25, -0.2) is 4.39 Å². The molecule has 0 bridgehead atoms. The molecule has 0 aliphatic carbocycles. The normalized spacial score (nSPS) is 12.3. The summed E-state index contributed by atoms with van der Waals surface area (Å²) in [6.45, 7) is 1.80. The van der Waals surface area contributed by atoms with Crippen LogP contribution in [0.15, 0.2) is 18.5 Å². The molecule has 1 atom stereocenters. The second-order valence-electron chi connectivity index (χ2n) is 3.27. The maximum Gasteiger partial charge on any atom is 0.256 e. The molecule has 3 nitrogen and oxygen atoms in total. The molecule has 1 amide bonds. The van der Waals surface area contributed by atoms with E-state index in [1.807, 2.05) is 0 Å². The number of carbonyl (C=O) groups is 1. The van der Waals surface area contributed by atoms with E-state index in [0.29, 0.717) is 5.88 Å². The van der Waals surface area contributed by atoms with E-state index in [4.69, 9.17) is 11.6 Å². The number of pyridine rings is 1. The van der Waals surface area contributed by atoms with Crippen LogP contribution in [0.1, 0.15) is 17.3 Å². The van der Waals surface area contributed by atoms with Crippen molar-refractivity contribution in [3.05, 3.63) is 29.8 Å². The average molecular weight is 231 g/mol. The van der Waals surface area contributed by atoms with Gasteiger partial charge in [0.25, 0.3) is 5.91 Å². The predicted octanol–water partition coefficient (Wildman–Crippen LogP) is 1.92. The van der Waals surface area contributed by atoms with Crippen LogP contribution in [0.3, 0.4) is 0 Å². The standard InChI is InChI=1S/C10H12ClFN2O/c1-7(5-11)14(2)10(15)8-3-4-13-6-9(8)12/h3-4,6-7H,5H2,1-2H3. The summed E-state index contributed by atoms with van der Waals surface area (Å²) < 4.78 is 13.2. The van der Waals surface area contributed by atoms with Gasteiger partial charge in [-0.2, -0.15) is 0 Å². The third-order valence-corrected chi connectivity index (χ3v) is 2.65. The summed E-state index contributed by atoms with van der Waals surface area (Å²) in [5, 5.41) is 0. The van der Waals surface area contributed by atoms with Crippen LogP contribution in [0.5, 0.6) is 0 Å². The third-order valence-electron chi connectivity index (χ3n) is 2.21. The molecule has 0 aliphatic heterocycles. The zero-order valence-electron chi connectivity index (χ0n) is 8.58. The Morgan fingerprint density at radius 3 is 2.93 bits per heavy atom. The fraction of sp³-hybridized carbons (Fsp3) is 0.400. The van der Waals surface area contributed by atoms with Crippen LogP contribution in [-0.4, -0.2) is 34.8 Å². The minimum absolute atomic E-state index is 0.0180. The Kier molecular flexibility index (Phi) is 4.03.